The molecule has 2 aromatic heterocycles. The predicted octanol–water partition coefficient (Wildman–Crippen LogP) is 3.80. The smallest absolute Gasteiger partial charge is 0.229 e. The largest absolute Gasteiger partial charge is 0.342 e. The summed E-state index contributed by atoms with van der Waals surface area (Å²) in [6.07, 6.45) is 7.11. The van der Waals surface area contributed by atoms with Crippen molar-refractivity contribution in [1.82, 2.24) is 19.4 Å². The summed E-state index contributed by atoms with van der Waals surface area (Å²) in [6, 6.07) is 9.95. The van der Waals surface area contributed by atoms with Crippen LogP contribution in [-0.4, -0.2) is 44.3 Å². The van der Waals surface area contributed by atoms with Gasteiger partial charge in [0.05, 0.1) is 10.6 Å². The maximum Gasteiger partial charge on any atom is 0.229 e. The lowest BCUT2D eigenvalue weighted by Crippen LogP contribution is -2.42. The molecule has 2 aliphatic rings. The minimum Gasteiger partial charge on any atom is -0.342 e. The van der Waals surface area contributed by atoms with Gasteiger partial charge in [0.2, 0.25) is 11.8 Å². The molecule has 5 rings (SSSR count). The van der Waals surface area contributed by atoms with Crippen molar-refractivity contribution >= 4 is 28.3 Å². The molecule has 0 radical (unpaired) electrons. The predicted molar refractivity (Wildman–Crippen MR) is 120 cm³/mol. The lowest BCUT2D eigenvalue weighted by atomic mass is 9.95. The molecule has 0 spiro atoms. The van der Waals surface area contributed by atoms with Crippen molar-refractivity contribution < 1.29 is 9.59 Å². The number of hydrogen-bond donors (Lipinski definition) is 1. The third-order valence-electron chi connectivity index (χ3n) is 6.03. The van der Waals surface area contributed by atoms with E-state index < -0.39 is 0 Å². The minimum atomic E-state index is -0.0936. The molecule has 3 aromatic rings. The highest BCUT2D eigenvalue weighted by atomic mass is 32.1. The maximum absolute atomic E-state index is 12.9. The lowest BCUT2D eigenvalue weighted by Gasteiger charge is -2.31. The number of nitrogens with one attached hydrogen (secondary N) is 1. The topological polar surface area (TPSA) is 80.1 Å². The van der Waals surface area contributed by atoms with Crippen molar-refractivity contribution in [2.45, 2.75) is 25.7 Å². The van der Waals surface area contributed by atoms with Crippen LogP contribution in [-0.2, 0) is 16.6 Å². The van der Waals surface area contributed by atoms with Crippen molar-refractivity contribution in [2.75, 3.05) is 18.4 Å². The van der Waals surface area contributed by atoms with E-state index in [0.29, 0.717) is 31.1 Å². The van der Waals surface area contributed by atoms with Crippen LogP contribution in [0.1, 0.15) is 25.7 Å². The number of carbonyl (C=O) groups excluding carboxylic acids is 2. The molecule has 1 aromatic carbocycles. The van der Waals surface area contributed by atoms with Gasteiger partial charge in [0, 0.05) is 49.9 Å². The number of aromatic nitrogens is 3. The maximum atomic E-state index is 12.9. The molecule has 160 valence electrons. The number of imidazole rings is 1. The van der Waals surface area contributed by atoms with E-state index in [1.807, 2.05) is 53.0 Å². The van der Waals surface area contributed by atoms with Gasteiger partial charge < -0.3 is 14.8 Å². The number of rotatable bonds is 5. The van der Waals surface area contributed by atoms with E-state index in [1.165, 1.54) is 11.3 Å². The molecule has 1 aliphatic heterocycles. The van der Waals surface area contributed by atoms with Crippen LogP contribution in [0, 0.1) is 11.8 Å². The molecule has 3 heterocycles. The molecular weight excluding hydrogens is 410 g/mol. The molecular formula is C23H25N5O2S. The Balaban J connectivity index is 1.32. The Hall–Kier alpha value is -3.00. The molecule has 8 heteroatoms. The summed E-state index contributed by atoms with van der Waals surface area (Å²) in [6.45, 7) is 1.33. The molecule has 1 saturated carbocycles. The highest BCUT2D eigenvalue weighted by Gasteiger charge is 2.36. The number of amides is 2. The Morgan fingerprint density at radius 1 is 1.06 bits per heavy atom. The molecule has 2 amide bonds. The Morgan fingerprint density at radius 3 is 2.45 bits per heavy atom. The van der Waals surface area contributed by atoms with Crippen molar-refractivity contribution in [1.29, 1.82) is 0 Å². The zero-order chi connectivity index (χ0) is 21.4. The summed E-state index contributed by atoms with van der Waals surface area (Å²) in [5.41, 5.74) is 1.81. The first-order valence-electron chi connectivity index (χ1n) is 10.7. The highest BCUT2D eigenvalue weighted by molar-refractivity contribution is 7.19. The number of anilines is 1. The molecule has 1 N–H and O–H groups in total. The van der Waals surface area contributed by atoms with Crippen LogP contribution < -0.4 is 5.32 Å². The highest BCUT2D eigenvalue weighted by Crippen LogP contribution is 2.38. The van der Waals surface area contributed by atoms with Gasteiger partial charge in [-0.05, 0) is 25.7 Å². The lowest BCUT2D eigenvalue weighted by molar-refractivity contribution is -0.135. The van der Waals surface area contributed by atoms with Gasteiger partial charge in [-0.3, -0.25) is 9.59 Å². The molecule has 2 fully saturated rings. The molecule has 0 unspecified atom stereocenters. The minimum absolute atomic E-state index is 0.0155. The fourth-order valence-electron chi connectivity index (χ4n) is 4.06. The van der Waals surface area contributed by atoms with Crippen LogP contribution in [0.5, 0.6) is 0 Å². The third-order valence-corrected chi connectivity index (χ3v) is 7.00. The second-order valence-electron chi connectivity index (χ2n) is 8.29. The Morgan fingerprint density at radius 2 is 1.81 bits per heavy atom. The normalized spacial score (nSPS) is 17.0. The number of piperidine rings is 1. The second kappa shape index (κ2) is 8.26. The van der Waals surface area contributed by atoms with Crippen LogP contribution in [0.4, 0.5) is 5.13 Å². The summed E-state index contributed by atoms with van der Waals surface area (Å²) in [7, 11) is 1.95. The first-order valence-corrected chi connectivity index (χ1v) is 11.6. The SMILES string of the molecule is Cn1ccnc1-c1sc(NC(=O)C2CCN(C(=O)C3CC3)CC2)nc1-c1ccccc1. The summed E-state index contributed by atoms with van der Waals surface area (Å²) in [5.74, 6) is 1.22. The first kappa shape index (κ1) is 19.9. The average Bonchev–Trinajstić information content (AvgIpc) is 3.44. The second-order valence-corrected chi connectivity index (χ2v) is 9.29. The summed E-state index contributed by atoms with van der Waals surface area (Å²) >= 11 is 1.45. The van der Waals surface area contributed by atoms with Crippen molar-refractivity contribution in [3.8, 4) is 22.0 Å². The standard InChI is InChI=1S/C23H25N5O2S/c1-27-14-11-24-20(27)19-18(15-5-3-2-4-6-15)25-23(31-19)26-21(29)16-9-12-28(13-10-16)22(30)17-7-8-17/h2-6,11,14,16-17H,7-10,12-13H2,1H3,(H,25,26,29). The molecule has 1 saturated heterocycles. The van der Waals surface area contributed by atoms with Gasteiger partial charge in [-0.1, -0.05) is 41.7 Å². The van der Waals surface area contributed by atoms with Crippen LogP contribution in [0.2, 0.25) is 0 Å². The van der Waals surface area contributed by atoms with Gasteiger partial charge in [-0.15, -0.1) is 0 Å². The quantitative estimate of drug-likeness (QED) is 0.661. The number of nitrogens with zero attached hydrogens (tertiary/aromatic N) is 4. The Labute approximate surface area is 185 Å². The van der Waals surface area contributed by atoms with E-state index in [2.05, 4.69) is 10.3 Å². The fourth-order valence-corrected chi connectivity index (χ4v) is 5.09. The van der Waals surface area contributed by atoms with Crippen LogP contribution in [0.25, 0.3) is 22.0 Å². The van der Waals surface area contributed by atoms with Gasteiger partial charge in [0.25, 0.3) is 0 Å². The zero-order valence-corrected chi connectivity index (χ0v) is 18.3. The van der Waals surface area contributed by atoms with Crippen LogP contribution in [0.3, 0.4) is 0 Å². The molecule has 1 aliphatic carbocycles. The zero-order valence-electron chi connectivity index (χ0n) is 17.5. The fraction of sp³-hybridized carbons (Fsp3) is 0.391. The molecule has 0 bridgehead atoms. The Kier molecular flexibility index (Phi) is 5.31. The molecule has 0 atom stereocenters. The van der Waals surface area contributed by atoms with Crippen LogP contribution in [0.15, 0.2) is 42.7 Å². The van der Waals surface area contributed by atoms with E-state index in [0.717, 1.165) is 34.8 Å². The summed E-state index contributed by atoms with van der Waals surface area (Å²) in [5, 5.41) is 3.61. The monoisotopic (exact) mass is 435 g/mol. The van der Waals surface area contributed by atoms with E-state index in [-0.39, 0.29) is 23.7 Å². The van der Waals surface area contributed by atoms with E-state index in [1.54, 1.807) is 6.20 Å². The number of benzene rings is 1. The van der Waals surface area contributed by atoms with Gasteiger partial charge >= 0.3 is 0 Å². The van der Waals surface area contributed by atoms with Crippen molar-refractivity contribution in [3.63, 3.8) is 0 Å². The Bertz CT molecular complexity index is 1090. The van der Waals surface area contributed by atoms with Gasteiger partial charge in [0.1, 0.15) is 0 Å². The van der Waals surface area contributed by atoms with Gasteiger partial charge in [-0.25, -0.2) is 9.97 Å². The number of likely N-dealkylation sites (tertiary alicyclic amines) is 1. The average molecular weight is 436 g/mol. The molecule has 31 heavy (non-hydrogen) atoms. The van der Waals surface area contributed by atoms with Crippen LogP contribution >= 0.6 is 11.3 Å². The number of aryl methyl sites for hydroxylation is 1. The van der Waals surface area contributed by atoms with Gasteiger partial charge in [0.15, 0.2) is 11.0 Å². The molecule has 7 nitrogen and oxygen atoms in total. The number of thiazole rings is 1. The third kappa shape index (κ3) is 4.12. The summed E-state index contributed by atoms with van der Waals surface area (Å²) < 4.78 is 1.96. The van der Waals surface area contributed by atoms with Gasteiger partial charge in [-0.2, -0.15) is 0 Å². The van der Waals surface area contributed by atoms with E-state index >= 15 is 0 Å². The number of carbonyl (C=O) groups is 2. The first-order chi connectivity index (χ1) is 15.1. The summed E-state index contributed by atoms with van der Waals surface area (Å²) in [4.78, 5) is 37.3. The van der Waals surface area contributed by atoms with Crippen molar-refractivity contribution in [3.05, 3.63) is 42.7 Å². The van der Waals surface area contributed by atoms with E-state index in [9.17, 15) is 9.59 Å². The number of hydrogen-bond acceptors (Lipinski definition) is 5. The van der Waals surface area contributed by atoms with Crippen molar-refractivity contribution in [2.24, 2.45) is 18.9 Å². The van der Waals surface area contributed by atoms with E-state index in [4.69, 9.17) is 4.98 Å².